The van der Waals surface area contributed by atoms with Crippen molar-refractivity contribution in [1.29, 1.82) is 0 Å². The second-order valence-electron chi connectivity index (χ2n) is 2.84. The van der Waals surface area contributed by atoms with Gasteiger partial charge in [0.25, 0.3) is 0 Å². The summed E-state index contributed by atoms with van der Waals surface area (Å²) in [7, 11) is 6.25. The molecule has 1 rings (SSSR count). The first kappa shape index (κ1) is 8.18. The molecule has 11 heavy (non-hydrogen) atoms. The van der Waals surface area contributed by atoms with E-state index < -0.39 is 0 Å². The molecule has 1 aliphatic carbocycles. The van der Waals surface area contributed by atoms with E-state index in [4.69, 9.17) is 0 Å². The predicted molar refractivity (Wildman–Crippen MR) is 49.0 cm³/mol. The summed E-state index contributed by atoms with van der Waals surface area (Å²) in [4.78, 5) is 0. The summed E-state index contributed by atoms with van der Waals surface area (Å²) in [6, 6.07) is 0. The summed E-state index contributed by atoms with van der Waals surface area (Å²) in [5.74, 6) is 0.444. The van der Waals surface area contributed by atoms with Crippen LogP contribution in [0.25, 0.3) is 0 Å². The van der Waals surface area contributed by atoms with E-state index in [2.05, 4.69) is 35.9 Å². The Labute approximate surface area is 68.7 Å². The van der Waals surface area contributed by atoms with Crippen LogP contribution in [0.2, 0.25) is 5.82 Å². The first-order valence-electron chi connectivity index (χ1n) is 3.82. The molecule has 0 aliphatic heterocycles. The number of rotatable bonds is 1. The molecule has 0 bridgehead atoms. The van der Waals surface area contributed by atoms with Gasteiger partial charge in [0.05, 0.1) is 0 Å². The molecule has 56 valence electrons. The van der Waals surface area contributed by atoms with Gasteiger partial charge in [0, 0.05) is 0 Å². The molecule has 0 fully saturated rings. The summed E-state index contributed by atoms with van der Waals surface area (Å²) in [5, 5.41) is 0. The van der Waals surface area contributed by atoms with Crippen molar-refractivity contribution in [2.45, 2.75) is 5.82 Å². The monoisotopic (exact) mass is 146 g/mol. The molecule has 0 unspecified atom stereocenters. The van der Waals surface area contributed by atoms with Gasteiger partial charge in [-0.1, -0.05) is 0 Å². The molecule has 0 atom stereocenters. The van der Waals surface area contributed by atoms with E-state index in [1.165, 1.54) is 0 Å². The molecular weight excluding hydrogens is 133 g/mol. The Morgan fingerprint density at radius 3 is 2.00 bits per heavy atom. The van der Waals surface area contributed by atoms with Crippen LogP contribution in [-0.2, 0) is 0 Å². The van der Waals surface area contributed by atoms with Crippen molar-refractivity contribution in [3.63, 3.8) is 0 Å². The third-order valence-corrected chi connectivity index (χ3v) is 1.47. The third-order valence-electron chi connectivity index (χ3n) is 1.47. The molecule has 1 nitrogen and oxygen atoms in total. The molecule has 0 saturated heterocycles. The Bertz CT molecular complexity index is 216. The fourth-order valence-corrected chi connectivity index (χ4v) is 1.02. The van der Waals surface area contributed by atoms with E-state index in [-0.39, 0.29) is 0 Å². The zero-order valence-electron chi connectivity index (χ0n) is 7.07. The quantitative estimate of drug-likeness (QED) is 0.494. The van der Waals surface area contributed by atoms with E-state index in [1.807, 2.05) is 26.2 Å². The molecule has 0 saturated carbocycles. The minimum absolute atomic E-state index is 0.444. The molecule has 0 spiro atoms. The topological polar surface area (TPSA) is 3.01 Å². The standard InChI is InChI=1S/C9H13BN/c1-11(2)10-9-7-5-3-4-6-8-9/h3-9H,1-2H3/q+1. The Kier molecular flexibility index (Phi) is 3.03. The van der Waals surface area contributed by atoms with Crippen LogP contribution in [0.15, 0.2) is 36.5 Å². The maximum absolute atomic E-state index is 2.17. The van der Waals surface area contributed by atoms with Gasteiger partial charge >= 0.3 is 67.9 Å². The second kappa shape index (κ2) is 4.07. The normalized spacial score (nSPS) is 16.2. The van der Waals surface area contributed by atoms with E-state index in [0.717, 1.165) is 0 Å². The summed E-state index contributed by atoms with van der Waals surface area (Å²) < 4.78 is 2.07. The van der Waals surface area contributed by atoms with E-state index in [0.29, 0.717) is 5.82 Å². The first-order chi connectivity index (χ1) is 5.29. The second-order valence-corrected chi connectivity index (χ2v) is 2.84. The van der Waals surface area contributed by atoms with Gasteiger partial charge in [0.15, 0.2) is 0 Å². The van der Waals surface area contributed by atoms with Crippen LogP contribution in [0, 0.1) is 0 Å². The van der Waals surface area contributed by atoms with Crippen LogP contribution in [0.1, 0.15) is 0 Å². The Hall–Kier alpha value is -0.915. The van der Waals surface area contributed by atoms with Gasteiger partial charge in [-0.2, -0.15) is 0 Å². The third kappa shape index (κ3) is 3.12. The average molecular weight is 146 g/mol. The maximum atomic E-state index is 2.17. The number of hydrogen-bond donors (Lipinski definition) is 0. The average Bonchev–Trinajstić information content (AvgIpc) is 2.14. The van der Waals surface area contributed by atoms with Gasteiger partial charge in [0.2, 0.25) is 0 Å². The Balaban J connectivity index is 2.68. The van der Waals surface area contributed by atoms with Crippen molar-refractivity contribution in [3.05, 3.63) is 36.5 Å². The predicted octanol–water partition coefficient (Wildman–Crippen LogP) is 1.62. The Morgan fingerprint density at radius 1 is 1.00 bits per heavy atom. The summed E-state index contributed by atoms with van der Waals surface area (Å²) in [6.07, 6.45) is 12.6. The van der Waals surface area contributed by atoms with Crippen molar-refractivity contribution in [3.8, 4) is 0 Å². The number of allylic oxidation sites excluding steroid dienone is 6. The molecular formula is C9H13BN+. The molecule has 0 heterocycles. The van der Waals surface area contributed by atoms with Crippen LogP contribution < -0.4 is 0 Å². The van der Waals surface area contributed by atoms with Gasteiger partial charge < -0.3 is 0 Å². The van der Waals surface area contributed by atoms with Crippen LogP contribution in [0.5, 0.6) is 0 Å². The fraction of sp³-hybridized carbons (Fsp3) is 0.333. The van der Waals surface area contributed by atoms with Gasteiger partial charge in [0.1, 0.15) is 0 Å². The summed E-state index contributed by atoms with van der Waals surface area (Å²) in [5.41, 5.74) is 0. The fourth-order valence-electron chi connectivity index (χ4n) is 1.02. The minimum atomic E-state index is 0.444. The molecule has 1 aliphatic rings. The van der Waals surface area contributed by atoms with Crippen molar-refractivity contribution in [2.24, 2.45) is 0 Å². The SMILES string of the molecule is C[N+](C)=BC1C=CC=CC=C1. The zero-order valence-corrected chi connectivity index (χ0v) is 7.07. The van der Waals surface area contributed by atoms with E-state index in [1.54, 1.807) is 0 Å². The molecule has 0 N–H and O–H groups in total. The Morgan fingerprint density at radius 2 is 1.55 bits per heavy atom. The van der Waals surface area contributed by atoms with Crippen molar-refractivity contribution in [1.82, 2.24) is 0 Å². The number of nitrogens with zero attached hydrogens (tertiary/aromatic N) is 1. The van der Waals surface area contributed by atoms with E-state index in [9.17, 15) is 0 Å². The zero-order chi connectivity index (χ0) is 8.10. The van der Waals surface area contributed by atoms with Gasteiger partial charge in [-0.3, -0.25) is 0 Å². The molecule has 0 aromatic carbocycles. The molecule has 0 amide bonds. The van der Waals surface area contributed by atoms with Crippen molar-refractivity contribution < 1.29 is 4.48 Å². The molecule has 0 aromatic rings. The molecule has 2 heteroatoms. The number of hydrogen-bond acceptors (Lipinski definition) is 0. The van der Waals surface area contributed by atoms with Crippen LogP contribution in [-0.4, -0.2) is 25.6 Å². The van der Waals surface area contributed by atoms with Gasteiger partial charge in [-0.05, 0) is 0 Å². The van der Waals surface area contributed by atoms with E-state index >= 15 is 0 Å². The van der Waals surface area contributed by atoms with Crippen LogP contribution in [0.3, 0.4) is 0 Å². The van der Waals surface area contributed by atoms with Crippen LogP contribution >= 0.6 is 0 Å². The van der Waals surface area contributed by atoms with Crippen LogP contribution in [0.4, 0.5) is 0 Å². The van der Waals surface area contributed by atoms with Crippen molar-refractivity contribution >= 4 is 7.07 Å². The van der Waals surface area contributed by atoms with Gasteiger partial charge in [-0.25, -0.2) is 0 Å². The molecule has 0 aromatic heterocycles. The summed E-state index contributed by atoms with van der Waals surface area (Å²) in [6.45, 7) is 0. The first-order valence-corrected chi connectivity index (χ1v) is 3.82. The summed E-state index contributed by atoms with van der Waals surface area (Å²) >= 11 is 0. The van der Waals surface area contributed by atoms with Crippen molar-refractivity contribution in [2.75, 3.05) is 14.1 Å². The molecule has 0 radical (unpaired) electrons. The van der Waals surface area contributed by atoms with Gasteiger partial charge in [-0.15, -0.1) is 0 Å².